The average Bonchev–Trinajstić information content (AvgIpc) is 2.75. The van der Waals surface area contributed by atoms with Crippen LogP contribution >= 0.6 is 0 Å². The van der Waals surface area contributed by atoms with Crippen molar-refractivity contribution in [3.05, 3.63) is 94.8 Å². The van der Waals surface area contributed by atoms with Crippen molar-refractivity contribution in [2.75, 3.05) is 5.32 Å². The van der Waals surface area contributed by atoms with Gasteiger partial charge in [-0.15, -0.1) is 0 Å². The summed E-state index contributed by atoms with van der Waals surface area (Å²) in [5.41, 5.74) is 2.53. The van der Waals surface area contributed by atoms with Gasteiger partial charge in [-0.3, -0.25) is 14.3 Å². The number of pyridine rings is 1. The van der Waals surface area contributed by atoms with Crippen LogP contribution in [-0.2, 0) is 20.2 Å². The van der Waals surface area contributed by atoms with Crippen LogP contribution in [0.25, 0.3) is 10.9 Å². The molecule has 0 saturated heterocycles. The lowest BCUT2D eigenvalue weighted by Crippen LogP contribution is -2.24. The molecule has 0 bridgehead atoms. The molecule has 4 aromatic rings. The lowest BCUT2D eigenvalue weighted by atomic mass is 10.2. The van der Waals surface area contributed by atoms with Crippen molar-refractivity contribution in [2.45, 2.75) is 13.2 Å². The highest BCUT2D eigenvalue weighted by Gasteiger charge is 2.08. The molecular weight excluding hydrogens is 352 g/mol. The minimum absolute atomic E-state index is 0.0795. The minimum atomic E-state index is -0.0795. The second-order valence-corrected chi connectivity index (χ2v) is 6.44. The predicted octanol–water partition coefficient (Wildman–Crippen LogP) is 3.52. The first-order valence-corrected chi connectivity index (χ1v) is 9.01. The highest BCUT2D eigenvalue weighted by molar-refractivity contribution is 5.76. The number of hydrogen-bond donors (Lipinski definition) is 1. The molecule has 2 aromatic carbocycles. The van der Waals surface area contributed by atoms with Gasteiger partial charge in [-0.1, -0.05) is 36.4 Å². The van der Waals surface area contributed by atoms with Gasteiger partial charge in [0.1, 0.15) is 18.2 Å². The number of nitrogens with one attached hydrogen (secondary N) is 1. The van der Waals surface area contributed by atoms with E-state index in [9.17, 15) is 4.79 Å². The van der Waals surface area contributed by atoms with Crippen molar-refractivity contribution in [1.82, 2.24) is 14.5 Å². The summed E-state index contributed by atoms with van der Waals surface area (Å²) >= 11 is 0. The van der Waals surface area contributed by atoms with Gasteiger partial charge in [0.05, 0.1) is 23.6 Å². The topological polar surface area (TPSA) is 69.0 Å². The first-order chi connectivity index (χ1) is 13.7. The Morgan fingerprint density at radius 3 is 2.79 bits per heavy atom. The quantitative estimate of drug-likeness (QED) is 0.561. The Labute approximate surface area is 162 Å². The number of hydrogen-bond acceptors (Lipinski definition) is 5. The van der Waals surface area contributed by atoms with E-state index in [1.807, 2.05) is 54.6 Å². The molecule has 0 amide bonds. The molecule has 28 heavy (non-hydrogen) atoms. The maximum Gasteiger partial charge on any atom is 0.261 e. The zero-order valence-corrected chi connectivity index (χ0v) is 15.5. The standard InChI is InChI=1S/C22H20N4O2/c1-26-21(25-20-13-23-11-10-19(20)22(26)27)14-24-17-8-5-9-18(12-17)28-15-16-6-3-2-4-7-16/h2-13,24H,14-15H2,1H3. The second-order valence-electron chi connectivity index (χ2n) is 6.44. The molecule has 0 aliphatic heterocycles. The van der Waals surface area contributed by atoms with Crippen LogP contribution < -0.4 is 15.6 Å². The minimum Gasteiger partial charge on any atom is -0.489 e. The predicted molar refractivity (Wildman–Crippen MR) is 109 cm³/mol. The number of anilines is 1. The van der Waals surface area contributed by atoms with E-state index >= 15 is 0 Å². The molecule has 0 saturated carbocycles. The molecule has 0 spiro atoms. The molecule has 0 aliphatic rings. The Bertz CT molecular complexity index is 1160. The van der Waals surface area contributed by atoms with Gasteiger partial charge in [0.2, 0.25) is 0 Å². The molecule has 140 valence electrons. The van der Waals surface area contributed by atoms with Gasteiger partial charge in [-0.2, -0.15) is 0 Å². The third-order valence-electron chi connectivity index (χ3n) is 4.50. The van der Waals surface area contributed by atoms with Crippen LogP contribution in [0.4, 0.5) is 5.69 Å². The largest absolute Gasteiger partial charge is 0.489 e. The molecule has 0 fully saturated rings. The van der Waals surface area contributed by atoms with Crippen molar-refractivity contribution >= 4 is 16.6 Å². The van der Waals surface area contributed by atoms with Gasteiger partial charge in [-0.05, 0) is 23.8 Å². The summed E-state index contributed by atoms with van der Waals surface area (Å²) in [6.45, 7) is 0.927. The molecule has 6 heteroatoms. The number of benzene rings is 2. The smallest absolute Gasteiger partial charge is 0.261 e. The van der Waals surface area contributed by atoms with Crippen molar-refractivity contribution in [3.63, 3.8) is 0 Å². The van der Waals surface area contributed by atoms with E-state index in [4.69, 9.17) is 4.74 Å². The molecule has 0 aliphatic carbocycles. The number of ether oxygens (including phenoxy) is 1. The van der Waals surface area contributed by atoms with Crippen LogP contribution in [0.5, 0.6) is 5.75 Å². The average molecular weight is 372 g/mol. The summed E-state index contributed by atoms with van der Waals surface area (Å²) in [5, 5.41) is 3.88. The van der Waals surface area contributed by atoms with Gasteiger partial charge < -0.3 is 10.1 Å². The normalized spacial score (nSPS) is 10.8. The van der Waals surface area contributed by atoms with E-state index in [1.165, 1.54) is 0 Å². The van der Waals surface area contributed by atoms with Gasteiger partial charge in [-0.25, -0.2) is 4.98 Å². The lowest BCUT2D eigenvalue weighted by Gasteiger charge is -2.12. The van der Waals surface area contributed by atoms with Crippen molar-refractivity contribution in [2.24, 2.45) is 7.05 Å². The monoisotopic (exact) mass is 372 g/mol. The summed E-state index contributed by atoms with van der Waals surface area (Å²) in [4.78, 5) is 21.1. The summed E-state index contributed by atoms with van der Waals surface area (Å²) in [5.74, 6) is 1.42. The zero-order valence-electron chi connectivity index (χ0n) is 15.5. The first kappa shape index (κ1) is 17.7. The molecule has 0 atom stereocenters. The summed E-state index contributed by atoms with van der Waals surface area (Å²) in [7, 11) is 1.73. The van der Waals surface area contributed by atoms with E-state index in [1.54, 1.807) is 30.1 Å². The Hall–Kier alpha value is -3.67. The summed E-state index contributed by atoms with van der Waals surface area (Å²) in [6.07, 6.45) is 3.21. The van der Waals surface area contributed by atoms with E-state index < -0.39 is 0 Å². The van der Waals surface area contributed by atoms with E-state index in [-0.39, 0.29) is 5.56 Å². The maximum absolute atomic E-state index is 12.5. The molecule has 2 heterocycles. The Morgan fingerprint density at radius 2 is 1.93 bits per heavy atom. The van der Waals surface area contributed by atoms with Crippen LogP contribution in [0.15, 0.2) is 77.9 Å². The van der Waals surface area contributed by atoms with Gasteiger partial charge in [0, 0.05) is 25.0 Å². The fourth-order valence-electron chi connectivity index (χ4n) is 2.94. The molecule has 4 rings (SSSR count). The van der Waals surface area contributed by atoms with Crippen molar-refractivity contribution < 1.29 is 4.74 Å². The third kappa shape index (κ3) is 3.86. The lowest BCUT2D eigenvalue weighted by molar-refractivity contribution is 0.306. The van der Waals surface area contributed by atoms with E-state index in [2.05, 4.69) is 15.3 Å². The Balaban J connectivity index is 1.47. The maximum atomic E-state index is 12.5. The fourth-order valence-corrected chi connectivity index (χ4v) is 2.94. The SMILES string of the molecule is Cn1c(CNc2cccc(OCc3ccccc3)c2)nc2cnccc2c1=O. The van der Waals surface area contributed by atoms with Crippen LogP contribution in [0.2, 0.25) is 0 Å². The fraction of sp³-hybridized carbons (Fsp3) is 0.136. The Morgan fingerprint density at radius 1 is 1.07 bits per heavy atom. The van der Waals surface area contributed by atoms with Crippen LogP contribution in [0.1, 0.15) is 11.4 Å². The number of nitrogens with zero attached hydrogens (tertiary/aromatic N) is 3. The summed E-state index contributed by atoms with van der Waals surface area (Å²) < 4.78 is 7.43. The Kier molecular flexibility index (Phi) is 5.01. The summed E-state index contributed by atoms with van der Waals surface area (Å²) in [6, 6.07) is 19.5. The van der Waals surface area contributed by atoms with E-state index in [0.717, 1.165) is 17.0 Å². The first-order valence-electron chi connectivity index (χ1n) is 9.01. The van der Waals surface area contributed by atoms with Crippen LogP contribution in [0.3, 0.4) is 0 Å². The third-order valence-corrected chi connectivity index (χ3v) is 4.50. The van der Waals surface area contributed by atoms with Gasteiger partial charge in [0.25, 0.3) is 5.56 Å². The molecule has 1 N–H and O–H groups in total. The molecule has 0 radical (unpaired) electrons. The number of aromatic nitrogens is 3. The molecular formula is C22H20N4O2. The molecule has 6 nitrogen and oxygen atoms in total. The van der Waals surface area contributed by atoms with Crippen LogP contribution in [0, 0.1) is 0 Å². The zero-order chi connectivity index (χ0) is 19.3. The van der Waals surface area contributed by atoms with Crippen molar-refractivity contribution in [1.29, 1.82) is 0 Å². The second kappa shape index (κ2) is 7.92. The van der Waals surface area contributed by atoms with Gasteiger partial charge in [0.15, 0.2) is 0 Å². The molecule has 0 unspecified atom stereocenters. The number of fused-ring (bicyclic) bond motifs is 1. The molecule has 2 aromatic heterocycles. The van der Waals surface area contributed by atoms with Gasteiger partial charge >= 0.3 is 0 Å². The van der Waals surface area contributed by atoms with Crippen molar-refractivity contribution in [3.8, 4) is 5.75 Å². The van der Waals surface area contributed by atoms with Crippen LogP contribution in [-0.4, -0.2) is 14.5 Å². The number of rotatable bonds is 6. The highest BCUT2D eigenvalue weighted by Crippen LogP contribution is 2.19. The van der Waals surface area contributed by atoms with E-state index in [0.29, 0.717) is 29.9 Å². The highest BCUT2D eigenvalue weighted by atomic mass is 16.5.